The van der Waals surface area contributed by atoms with Crippen molar-refractivity contribution in [2.75, 3.05) is 13.2 Å². The average molecular weight is 127 g/mol. The summed E-state index contributed by atoms with van der Waals surface area (Å²) in [5, 5.41) is 8.13. The minimum atomic E-state index is 0.660. The summed E-state index contributed by atoms with van der Waals surface area (Å²) < 4.78 is 5.07. The van der Waals surface area contributed by atoms with E-state index >= 15 is 0 Å². The van der Waals surface area contributed by atoms with Gasteiger partial charge >= 0.3 is 0 Å². The van der Waals surface area contributed by atoms with Gasteiger partial charge in [0.25, 0.3) is 0 Å². The summed E-state index contributed by atoms with van der Waals surface area (Å²) in [5.41, 5.74) is 0. The van der Waals surface area contributed by atoms with E-state index in [0.717, 1.165) is 26.1 Å². The molecule has 52 valence electrons. The summed E-state index contributed by atoms with van der Waals surface area (Å²) in [4.78, 5) is 0. The van der Waals surface area contributed by atoms with Crippen LogP contribution in [-0.4, -0.2) is 13.2 Å². The first kappa shape index (κ1) is 8.45. The third-order valence-corrected chi connectivity index (χ3v) is 1.03. The molecule has 0 saturated carbocycles. The van der Waals surface area contributed by atoms with Gasteiger partial charge in [0.2, 0.25) is 0 Å². The number of hydrogen-bond donors (Lipinski definition) is 0. The molecule has 2 heteroatoms. The van der Waals surface area contributed by atoms with E-state index in [9.17, 15) is 0 Å². The molecule has 0 N–H and O–H groups in total. The summed E-state index contributed by atoms with van der Waals surface area (Å²) in [6.45, 7) is 3.56. The Balaban J connectivity index is 2.69. The normalized spacial score (nSPS) is 8.89. The predicted octanol–water partition coefficient (Wildman–Crippen LogP) is 1.72. The summed E-state index contributed by atoms with van der Waals surface area (Å²) >= 11 is 0. The first-order chi connectivity index (χ1) is 4.41. The van der Waals surface area contributed by atoms with E-state index in [2.05, 4.69) is 6.07 Å². The third kappa shape index (κ3) is 7.45. The zero-order valence-electron chi connectivity index (χ0n) is 5.89. The van der Waals surface area contributed by atoms with Gasteiger partial charge in [-0.2, -0.15) is 5.26 Å². The van der Waals surface area contributed by atoms with Crippen molar-refractivity contribution in [2.45, 2.75) is 26.2 Å². The molecular formula is C7H13NO. The lowest BCUT2D eigenvalue weighted by Gasteiger charge is -1.96. The number of nitriles is 1. The third-order valence-electron chi connectivity index (χ3n) is 1.03. The van der Waals surface area contributed by atoms with Crippen LogP contribution in [-0.2, 0) is 4.74 Å². The first-order valence-corrected chi connectivity index (χ1v) is 3.36. The fraction of sp³-hybridized carbons (Fsp3) is 0.857. The number of unbranched alkanes of at least 4 members (excludes halogenated alkanes) is 2. The predicted molar refractivity (Wildman–Crippen MR) is 36.0 cm³/mol. The van der Waals surface area contributed by atoms with Crippen molar-refractivity contribution in [1.29, 1.82) is 5.26 Å². The maximum atomic E-state index is 8.13. The minimum absolute atomic E-state index is 0.660. The molecule has 0 aliphatic rings. The van der Waals surface area contributed by atoms with Gasteiger partial charge < -0.3 is 4.74 Å². The molecule has 0 spiro atoms. The molecule has 0 aromatic rings. The van der Waals surface area contributed by atoms with Gasteiger partial charge in [-0.05, 0) is 19.8 Å². The Labute approximate surface area is 56.4 Å². The Bertz CT molecular complexity index is 85.4. The summed E-state index contributed by atoms with van der Waals surface area (Å²) in [6.07, 6.45) is 2.64. The molecule has 0 rings (SSSR count). The SMILES string of the molecule is CCOCCCCC#N. The molecule has 0 aromatic heterocycles. The molecule has 0 heterocycles. The molecule has 0 bridgehead atoms. The molecule has 9 heavy (non-hydrogen) atoms. The van der Waals surface area contributed by atoms with Crippen LogP contribution in [0.25, 0.3) is 0 Å². The molecule has 0 saturated heterocycles. The van der Waals surface area contributed by atoms with Crippen molar-refractivity contribution in [1.82, 2.24) is 0 Å². The quantitative estimate of drug-likeness (QED) is 0.527. The lowest BCUT2D eigenvalue weighted by atomic mass is 10.3. The van der Waals surface area contributed by atoms with Gasteiger partial charge in [0.1, 0.15) is 0 Å². The van der Waals surface area contributed by atoms with Crippen LogP contribution in [0.3, 0.4) is 0 Å². The monoisotopic (exact) mass is 127 g/mol. The van der Waals surface area contributed by atoms with Crippen LogP contribution in [0.2, 0.25) is 0 Å². The fourth-order valence-corrected chi connectivity index (χ4v) is 0.553. The smallest absolute Gasteiger partial charge is 0.0621 e. The Kier molecular flexibility index (Phi) is 6.99. The molecule has 0 aliphatic carbocycles. The van der Waals surface area contributed by atoms with Crippen LogP contribution in [0, 0.1) is 11.3 Å². The Morgan fingerprint density at radius 3 is 2.78 bits per heavy atom. The number of rotatable bonds is 5. The second-order valence-corrected chi connectivity index (χ2v) is 1.81. The Morgan fingerprint density at radius 1 is 1.44 bits per heavy atom. The second-order valence-electron chi connectivity index (χ2n) is 1.81. The van der Waals surface area contributed by atoms with E-state index in [4.69, 9.17) is 10.00 Å². The maximum absolute atomic E-state index is 8.13. The van der Waals surface area contributed by atoms with Crippen molar-refractivity contribution in [3.05, 3.63) is 0 Å². The summed E-state index contributed by atoms with van der Waals surface area (Å²) in [6, 6.07) is 2.09. The maximum Gasteiger partial charge on any atom is 0.0621 e. The number of hydrogen-bond acceptors (Lipinski definition) is 2. The topological polar surface area (TPSA) is 33.0 Å². The molecule has 0 aromatic carbocycles. The van der Waals surface area contributed by atoms with E-state index in [1.807, 2.05) is 6.92 Å². The Hall–Kier alpha value is -0.550. The number of nitrogens with zero attached hydrogens (tertiary/aromatic N) is 1. The van der Waals surface area contributed by atoms with E-state index in [0.29, 0.717) is 6.42 Å². The van der Waals surface area contributed by atoms with E-state index in [1.165, 1.54) is 0 Å². The number of ether oxygens (including phenoxy) is 1. The first-order valence-electron chi connectivity index (χ1n) is 3.36. The van der Waals surface area contributed by atoms with Gasteiger partial charge in [-0.1, -0.05) is 0 Å². The molecule has 0 atom stereocenters. The van der Waals surface area contributed by atoms with Crippen molar-refractivity contribution >= 4 is 0 Å². The van der Waals surface area contributed by atoms with E-state index in [1.54, 1.807) is 0 Å². The van der Waals surface area contributed by atoms with E-state index in [-0.39, 0.29) is 0 Å². The largest absolute Gasteiger partial charge is 0.382 e. The van der Waals surface area contributed by atoms with Gasteiger partial charge in [-0.25, -0.2) is 0 Å². The lowest BCUT2D eigenvalue weighted by Crippen LogP contribution is -1.92. The Morgan fingerprint density at radius 2 is 2.22 bits per heavy atom. The molecule has 2 nitrogen and oxygen atoms in total. The zero-order valence-corrected chi connectivity index (χ0v) is 5.89. The van der Waals surface area contributed by atoms with Crippen LogP contribution in [0.4, 0.5) is 0 Å². The summed E-state index contributed by atoms with van der Waals surface area (Å²) in [7, 11) is 0. The minimum Gasteiger partial charge on any atom is -0.382 e. The molecule has 0 amide bonds. The van der Waals surface area contributed by atoms with Gasteiger partial charge in [0.05, 0.1) is 6.07 Å². The molecule has 0 aliphatic heterocycles. The van der Waals surface area contributed by atoms with Crippen LogP contribution in [0.1, 0.15) is 26.2 Å². The van der Waals surface area contributed by atoms with Gasteiger partial charge in [0.15, 0.2) is 0 Å². The second kappa shape index (κ2) is 7.45. The summed E-state index contributed by atoms with van der Waals surface area (Å²) in [5.74, 6) is 0. The van der Waals surface area contributed by atoms with Crippen molar-refractivity contribution < 1.29 is 4.74 Å². The van der Waals surface area contributed by atoms with Gasteiger partial charge in [-0.3, -0.25) is 0 Å². The molecular weight excluding hydrogens is 114 g/mol. The molecule has 0 fully saturated rings. The molecule has 0 unspecified atom stereocenters. The van der Waals surface area contributed by atoms with Gasteiger partial charge in [0, 0.05) is 19.6 Å². The highest BCUT2D eigenvalue weighted by Crippen LogP contribution is 1.93. The lowest BCUT2D eigenvalue weighted by molar-refractivity contribution is 0.144. The van der Waals surface area contributed by atoms with Crippen LogP contribution in [0.15, 0.2) is 0 Å². The highest BCUT2D eigenvalue weighted by molar-refractivity contribution is 4.67. The fourth-order valence-electron chi connectivity index (χ4n) is 0.553. The van der Waals surface area contributed by atoms with Crippen LogP contribution >= 0.6 is 0 Å². The highest BCUT2D eigenvalue weighted by atomic mass is 16.5. The average Bonchev–Trinajstić information content (AvgIpc) is 1.89. The van der Waals surface area contributed by atoms with Gasteiger partial charge in [-0.15, -0.1) is 0 Å². The van der Waals surface area contributed by atoms with Crippen molar-refractivity contribution in [3.63, 3.8) is 0 Å². The standard InChI is InChI=1S/C7H13NO/c1-2-9-7-5-3-4-6-8/h2-5,7H2,1H3. The van der Waals surface area contributed by atoms with Crippen LogP contribution in [0.5, 0.6) is 0 Å². The van der Waals surface area contributed by atoms with Crippen molar-refractivity contribution in [3.8, 4) is 6.07 Å². The van der Waals surface area contributed by atoms with E-state index < -0.39 is 0 Å². The highest BCUT2D eigenvalue weighted by Gasteiger charge is 1.85. The van der Waals surface area contributed by atoms with Crippen LogP contribution < -0.4 is 0 Å². The molecule has 0 radical (unpaired) electrons. The zero-order chi connectivity index (χ0) is 6.95. The van der Waals surface area contributed by atoms with Crippen molar-refractivity contribution in [2.24, 2.45) is 0 Å².